The number of ether oxygens (including phenoxy) is 1. The molecule has 1 aliphatic rings. The van der Waals surface area contributed by atoms with Crippen molar-refractivity contribution < 1.29 is 4.74 Å². The Hall–Kier alpha value is -0.250. The number of halogens is 2. The first-order chi connectivity index (χ1) is 8.75. The van der Waals surface area contributed by atoms with Crippen LogP contribution in [0, 0.1) is 5.92 Å². The van der Waals surface area contributed by atoms with Crippen molar-refractivity contribution >= 4 is 27.5 Å². The lowest BCUT2D eigenvalue weighted by Crippen LogP contribution is -2.26. The standard InChI is InChI=1S/C14H19BrClNO/c15-12-5-6-13(16)14(9-12)18-8-7-17-10-11-3-1-2-4-11/h5-6,9,11,17H,1-4,7-8,10H2. The molecule has 2 nitrogen and oxygen atoms in total. The molecule has 1 N–H and O–H groups in total. The zero-order valence-electron chi connectivity index (χ0n) is 10.4. The third-order valence-corrected chi connectivity index (χ3v) is 4.14. The zero-order chi connectivity index (χ0) is 12.8. The molecule has 1 aromatic carbocycles. The highest BCUT2D eigenvalue weighted by atomic mass is 79.9. The lowest BCUT2D eigenvalue weighted by molar-refractivity contribution is 0.309. The van der Waals surface area contributed by atoms with Crippen LogP contribution in [0.25, 0.3) is 0 Å². The molecule has 18 heavy (non-hydrogen) atoms. The summed E-state index contributed by atoms with van der Waals surface area (Å²) >= 11 is 9.46. The molecule has 1 fully saturated rings. The zero-order valence-corrected chi connectivity index (χ0v) is 12.8. The second-order valence-corrected chi connectivity index (χ2v) is 6.10. The molecule has 0 aromatic heterocycles. The molecular formula is C14H19BrClNO. The van der Waals surface area contributed by atoms with Gasteiger partial charge in [-0.2, -0.15) is 0 Å². The molecule has 1 saturated carbocycles. The number of rotatable bonds is 6. The van der Waals surface area contributed by atoms with Crippen LogP contribution >= 0.6 is 27.5 Å². The van der Waals surface area contributed by atoms with Crippen molar-refractivity contribution in [2.45, 2.75) is 25.7 Å². The van der Waals surface area contributed by atoms with E-state index in [9.17, 15) is 0 Å². The molecule has 0 bridgehead atoms. The van der Waals surface area contributed by atoms with Gasteiger partial charge in [0.05, 0.1) is 5.02 Å². The van der Waals surface area contributed by atoms with Gasteiger partial charge in [-0.15, -0.1) is 0 Å². The summed E-state index contributed by atoms with van der Waals surface area (Å²) in [6, 6.07) is 5.65. The molecule has 0 spiro atoms. The fraction of sp³-hybridized carbons (Fsp3) is 0.571. The Balaban J connectivity index is 1.64. The minimum atomic E-state index is 0.656. The first kappa shape index (κ1) is 14.2. The van der Waals surface area contributed by atoms with Crippen LogP contribution < -0.4 is 10.1 Å². The minimum Gasteiger partial charge on any atom is -0.491 e. The Kier molecular flexibility index (Phi) is 5.80. The van der Waals surface area contributed by atoms with Crippen LogP contribution in [0.2, 0.25) is 5.02 Å². The molecule has 1 aromatic rings. The molecule has 1 aliphatic carbocycles. The highest BCUT2D eigenvalue weighted by Crippen LogP contribution is 2.27. The lowest BCUT2D eigenvalue weighted by Gasteiger charge is -2.12. The highest BCUT2D eigenvalue weighted by molar-refractivity contribution is 9.10. The van der Waals surface area contributed by atoms with Crippen molar-refractivity contribution in [3.63, 3.8) is 0 Å². The highest BCUT2D eigenvalue weighted by Gasteiger charge is 2.13. The van der Waals surface area contributed by atoms with Crippen molar-refractivity contribution in [3.8, 4) is 5.75 Å². The summed E-state index contributed by atoms with van der Waals surface area (Å²) in [5.41, 5.74) is 0. The number of nitrogens with one attached hydrogen (secondary N) is 1. The predicted molar refractivity (Wildman–Crippen MR) is 79.5 cm³/mol. The molecule has 100 valence electrons. The van der Waals surface area contributed by atoms with Gasteiger partial charge in [-0.25, -0.2) is 0 Å². The Morgan fingerprint density at radius 3 is 2.89 bits per heavy atom. The van der Waals surface area contributed by atoms with Crippen molar-refractivity contribution in [1.29, 1.82) is 0 Å². The lowest BCUT2D eigenvalue weighted by atomic mass is 10.1. The van der Waals surface area contributed by atoms with Gasteiger partial charge in [0.25, 0.3) is 0 Å². The summed E-state index contributed by atoms with van der Waals surface area (Å²) < 4.78 is 6.64. The minimum absolute atomic E-state index is 0.656. The van der Waals surface area contributed by atoms with E-state index in [1.54, 1.807) is 0 Å². The molecule has 0 radical (unpaired) electrons. The van der Waals surface area contributed by atoms with Gasteiger partial charge in [-0.1, -0.05) is 40.4 Å². The van der Waals surface area contributed by atoms with E-state index < -0.39 is 0 Å². The molecule has 0 atom stereocenters. The molecule has 0 aliphatic heterocycles. The topological polar surface area (TPSA) is 21.3 Å². The third kappa shape index (κ3) is 4.45. The summed E-state index contributed by atoms with van der Waals surface area (Å²) in [6.45, 7) is 2.65. The normalized spacial score (nSPS) is 16.1. The van der Waals surface area contributed by atoms with Gasteiger partial charge in [0.15, 0.2) is 0 Å². The van der Waals surface area contributed by atoms with E-state index in [0.29, 0.717) is 11.6 Å². The first-order valence-electron chi connectivity index (χ1n) is 6.54. The summed E-state index contributed by atoms with van der Waals surface area (Å²) in [5, 5.41) is 4.11. The van der Waals surface area contributed by atoms with E-state index in [1.165, 1.54) is 25.7 Å². The smallest absolute Gasteiger partial charge is 0.139 e. The second kappa shape index (κ2) is 7.37. The van der Waals surface area contributed by atoms with Crippen LogP contribution in [0.5, 0.6) is 5.75 Å². The van der Waals surface area contributed by atoms with E-state index in [2.05, 4.69) is 21.2 Å². The van der Waals surface area contributed by atoms with Crippen molar-refractivity contribution in [1.82, 2.24) is 5.32 Å². The molecule has 0 unspecified atom stereocenters. The van der Waals surface area contributed by atoms with E-state index in [4.69, 9.17) is 16.3 Å². The van der Waals surface area contributed by atoms with Gasteiger partial charge in [0.2, 0.25) is 0 Å². The van der Waals surface area contributed by atoms with Crippen LogP contribution in [0.4, 0.5) is 0 Å². The molecule has 4 heteroatoms. The van der Waals surface area contributed by atoms with Gasteiger partial charge < -0.3 is 10.1 Å². The largest absolute Gasteiger partial charge is 0.491 e. The summed E-state index contributed by atoms with van der Waals surface area (Å²) in [5.74, 6) is 1.62. The average molecular weight is 333 g/mol. The molecule has 2 rings (SSSR count). The monoisotopic (exact) mass is 331 g/mol. The van der Waals surface area contributed by atoms with E-state index in [-0.39, 0.29) is 0 Å². The van der Waals surface area contributed by atoms with Gasteiger partial charge in [-0.3, -0.25) is 0 Å². The van der Waals surface area contributed by atoms with Gasteiger partial charge >= 0.3 is 0 Å². The molecule has 0 saturated heterocycles. The van der Waals surface area contributed by atoms with E-state index in [1.807, 2.05) is 18.2 Å². The average Bonchev–Trinajstić information content (AvgIpc) is 2.86. The fourth-order valence-electron chi connectivity index (χ4n) is 2.34. The Morgan fingerprint density at radius 1 is 1.33 bits per heavy atom. The maximum absolute atomic E-state index is 6.05. The Bertz CT molecular complexity index is 380. The van der Waals surface area contributed by atoms with E-state index >= 15 is 0 Å². The van der Waals surface area contributed by atoms with Crippen LogP contribution in [-0.2, 0) is 0 Å². The third-order valence-electron chi connectivity index (χ3n) is 3.34. The van der Waals surface area contributed by atoms with Gasteiger partial charge in [0.1, 0.15) is 12.4 Å². The number of benzene rings is 1. The summed E-state index contributed by atoms with van der Waals surface area (Å²) in [6.07, 6.45) is 5.56. The first-order valence-corrected chi connectivity index (χ1v) is 7.71. The fourth-order valence-corrected chi connectivity index (χ4v) is 2.85. The second-order valence-electron chi connectivity index (χ2n) is 4.78. The summed E-state index contributed by atoms with van der Waals surface area (Å²) in [7, 11) is 0. The van der Waals surface area contributed by atoms with Crippen molar-refractivity contribution in [2.24, 2.45) is 5.92 Å². The summed E-state index contributed by atoms with van der Waals surface area (Å²) in [4.78, 5) is 0. The van der Waals surface area contributed by atoms with E-state index in [0.717, 1.165) is 29.2 Å². The van der Waals surface area contributed by atoms with Gasteiger partial charge in [0, 0.05) is 11.0 Å². The molecule has 0 heterocycles. The van der Waals surface area contributed by atoms with Crippen molar-refractivity contribution in [2.75, 3.05) is 19.7 Å². The van der Waals surface area contributed by atoms with Crippen molar-refractivity contribution in [3.05, 3.63) is 27.7 Å². The Morgan fingerprint density at radius 2 is 2.11 bits per heavy atom. The number of hydrogen-bond acceptors (Lipinski definition) is 2. The maximum atomic E-state index is 6.05. The maximum Gasteiger partial charge on any atom is 0.139 e. The molecular weight excluding hydrogens is 314 g/mol. The molecule has 0 amide bonds. The quantitative estimate of drug-likeness (QED) is 0.786. The van der Waals surface area contributed by atoms with Crippen LogP contribution in [-0.4, -0.2) is 19.7 Å². The predicted octanol–water partition coefficient (Wildman–Crippen LogP) is 4.26. The van der Waals surface area contributed by atoms with Crippen LogP contribution in [0.3, 0.4) is 0 Å². The van der Waals surface area contributed by atoms with Crippen LogP contribution in [0.15, 0.2) is 22.7 Å². The number of hydrogen-bond donors (Lipinski definition) is 1. The van der Waals surface area contributed by atoms with Gasteiger partial charge in [-0.05, 0) is 43.5 Å². The Labute approximate surface area is 122 Å². The van der Waals surface area contributed by atoms with Crippen LogP contribution in [0.1, 0.15) is 25.7 Å². The SMILES string of the molecule is Clc1ccc(Br)cc1OCCNCC1CCCC1.